The van der Waals surface area contributed by atoms with Gasteiger partial charge in [-0.05, 0) is 52.4 Å². The lowest BCUT2D eigenvalue weighted by atomic mass is 9.93. The Hall–Kier alpha value is -2.32. The van der Waals surface area contributed by atoms with Crippen LogP contribution in [0.1, 0.15) is 52.9 Å². The molecule has 29 heavy (non-hydrogen) atoms. The zero-order chi connectivity index (χ0) is 21.2. The summed E-state index contributed by atoms with van der Waals surface area (Å²) in [5.41, 5.74) is -0.418. The lowest BCUT2D eigenvalue weighted by Crippen LogP contribution is -2.44. The Bertz CT molecular complexity index is 679. The molecular formula is C20H32N4O5. The standard InChI is InChI=1S/C20H32N4O5/c1-20(2,3)29-19(28)23-11-6-14(7-12-23)5-10-22-8-4-9-24-16(17(22)25)13-15(21-24)18(26)27/h14,16H,4-13H2,1-3H3,(H,26,27)/t16-/m1/s1. The molecule has 1 atom stereocenters. The summed E-state index contributed by atoms with van der Waals surface area (Å²) >= 11 is 0. The lowest BCUT2D eigenvalue weighted by molar-refractivity contribution is -0.135. The molecule has 0 spiro atoms. The van der Waals surface area contributed by atoms with Gasteiger partial charge in [0.2, 0.25) is 5.91 Å². The van der Waals surface area contributed by atoms with Crippen molar-refractivity contribution >= 4 is 23.7 Å². The van der Waals surface area contributed by atoms with E-state index < -0.39 is 17.6 Å². The van der Waals surface area contributed by atoms with E-state index >= 15 is 0 Å². The Labute approximate surface area is 171 Å². The molecule has 0 radical (unpaired) electrons. The van der Waals surface area contributed by atoms with Crippen molar-refractivity contribution in [3.8, 4) is 0 Å². The number of hydrazone groups is 1. The van der Waals surface area contributed by atoms with Gasteiger partial charge in [0.15, 0.2) is 0 Å². The monoisotopic (exact) mass is 408 g/mol. The molecule has 2 fully saturated rings. The number of hydrogen-bond acceptors (Lipinski definition) is 6. The predicted octanol–water partition coefficient (Wildman–Crippen LogP) is 1.77. The van der Waals surface area contributed by atoms with Gasteiger partial charge in [-0.15, -0.1) is 0 Å². The predicted molar refractivity (Wildman–Crippen MR) is 107 cm³/mol. The van der Waals surface area contributed by atoms with Crippen LogP contribution in [0.3, 0.4) is 0 Å². The van der Waals surface area contributed by atoms with Gasteiger partial charge in [-0.1, -0.05) is 0 Å². The Balaban J connectivity index is 1.46. The van der Waals surface area contributed by atoms with Crippen LogP contribution in [0.25, 0.3) is 0 Å². The normalized spacial score (nSPS) is 23.6. The largest absolute Gasteiger partial charge is 0.477 e. The molecule has 162 valence electrons. The second-order valence-corrected chi connectivity index (χ2v) is 9.11. The van der Waals surface area contributed by atoms with Gasteiger partial charge < -0.3 is 19.6 Å². The first kappa shape index (κ1) is 21.4. The van der Waals surface area contributed by atoms with Gasteiger partial charge in [0, 0.05) is 39.1 Å². The van der Waals surface area contributed by atoms with Crippen LogP contribution in [0.4, 0.5) is 4.79 Å². The average molecular weight is 408 g/mol. The van der Waals surface area contributed by atoms with E-state index in [0.29, 0.717) is 38.6 Å². The zero-order valence-electron chi connectivity index (χ0n) is 17.6. The van der Waals surface area contributed by atoms with Gasteiger partial charge in [-0.3, -0.25) is 9.80 Å². The van der Waals surface area contributed by atoms with Gasteiger partial charge in [0.05, 0.1) is 0 Å². The number of carbonyl (C=O) groups is 3. The zero-order valence-corrected chi connectivity index (χ0v) is 17.6. The Kier molecular flexibility index (Phi) is 6.33. The van der Waals surface area contributed by atoms with Crippen LogP contribution in [-0.4, -0.2) is 88.0 Å². The molecule has 0 aliphatic carbocycles. The van der Waals surface area contributed by atoms with Crippen LogP contribution in [0.15, 0.2) is 5.10 Å². The molecule has 2 saturated heterocycles. The van der Waals surface area contributed by atoms with E-state index in [1.54, 1.807) is 9.91 Å². The molecule has 0 aromatic rings. The van der Waals surface area contributed by atoms with Gasteiger partial charge in [0.1, 0.15) is 17.4 Å². The fourth-order valence-corrected chi connectivity index (χ4v) is 4.14. The van der Waals surface area contributed by atoms with E-state index in [0.717, 1.165) is 25.7 Å². The number of likely N-dealkylation sites (tertiary alicyclic amines) is 1. The minimum Gasteiger partial charge on any atom is -0.477 e. The van der Waals surface area contributed by atoms with E-state index in [2.05, 4.69) is 5.10 Å². The Morgan fingerprint density at radius 1 is 1.17 bits per heavy atom. The highest BCUT2D eigenvalue weighted by atomic mass is 16.6. The maximum atomic E-state index is 12.9. The number of carboxylic acid groups (broad SMARTS) is 1. The van der Waals surface area contributed by atoms with E-state index in [-0.39, 0.29) is 24.1 Å². The van der Waals surface area contributed by atoms with E-state index in [1.807, 2.05) is 25.7 Å². The minimum absolute atomic E-state index is 0.0197. The van der Waals surface area contributed by atoms with Crippen molar-refractivity contribution in [1.29, 1.82) is 0 Å². The summed E-state index contributed by atoms with van der Waals surface area (Å²) in [5, 5.41) is 14.9. The Morgan fingerprint density at radius 3 is 2.48 bits per heavy atom. The summed E-state index contributed by atoms with van der Waals surface area (Å²) in [4.78, 5) is 39.9. The number of hydrogen-bond donors (Lipinski definition) is 1. The molecule has 0 aromatic heterocycles. The Morgan fingerprint density at radius 2 is 1.86 bits per heavy atom. The second kappa shape index (κ2) is 8.59. The highest BCUT2D eigenvalue weighted by molar-refractivity contribution is 6.36. The fraction of sp³-hybridized carbons (Fsp3) is 0.800. The molecular weight excluding hydrogens is 376 g/mol. The molecule has 3 heterocycles. The third-order valence-corrected chi connectivity index (χ3v) is 5.73. The molecule has 3 aliphatic heterocycles. The summed E-state index contributed by atoms with van der Waals surface area (Å²) in [6.45, 7) is 8.92. The van der Waals surface area contributed by atoms with Crippen LogP contribution in [0, 0.1) is 5.92 Å². The number of amides is 2. The first-order valence-corrected chi connectivity index (χ1v) is 10.5. The van der Waals surface area contributed by atoms with Crippen LogP contribution in [0.2, 0.25) is 0 Å². The van der Waals surface area contributed by atoms with Gasteiger partial charge in [0.25, 0.3) is 0 Å². The van der Waals surface area contributed by atoms with Crippen molar-refractivity contribution in [3.63, 3.8) is 0 Å². The van der Waals surface area contributed by atoms with Crippen LogP contribution >= 0.6 is 0 Å². The van der Waals surface area contributed by atoms with Gasteiger partial charge in [-0.2, -0.15) is 5.10 Å². The molecule has 9 nitrogen and oxygen atoms in total. The number of rotatable bonds is 4. The molecule has 9 heteroatoms. The molecule has 0 saturated carbocycles. The number of piperidine rings is 1. The second-order valence-electron chi connectivity index (χ2n) is 9.11. The van der Waals surface area contributed by atoms with Gasteiger partial charge >= 0.3 is 12.1 Å². The number of aliphatic carboxylic acids is 1. The number of carbonyl (C=O) groups excluding carboxylic acids is 2. The smallest absolute Gasteiger partial charge is 0.410 e. The van der Waals surface area contributed by atoms with E-state index in [1.165, 1.54) is 0 Å². The van der Waals surface area contributed by atoms with Crippen LogP contribution < -0.4 is 0 Å². The summed E-state index contributed by atoms with van der Waals surface area (Å²) in [7, 11) is 0. The van der Waals surface area contributed by atoms with Crippen molar-refractivity contribution in [3.05, 3.63) is 0 Å². The summed E-state index contributed by atoms with van der Waals surface area (Å²) in [6, 6.07) is -0.474. The first-order valence-electron chi connectivity index (χ1n) is 10.5. The van der Waals surface area contributed by atoms with Crippen molar-refractivity contribution in [2.24, 2.45) is 11.0 Å². The van der Waals surface area contributed by atoms with Crippen molar-refractivity contribution in [2.45, 2.75) is 64.5 Å². The molecule has 3 rings (SSSR count). The summed E-state index contributed by atoms with van der Waals surface area (Å²) in [5.74, 6) is -0.599. The van der Waals surface area contributed by atoms with Crippen molar-refractivity contribution < 1.29 is 24.2 Å². The maximum absolute atomic E-state index is 12.9. The number of fused-ring (bicyclic) bond motifs is 1. The molecule has 3 aliphatic rings. The summed E-state index contributed by atoms with van der Waals surface area (Å²) in [6.07, 6.45) is 3.42. The van der Waals surface area contributed by atoms with Crippen LogP contribution in [0.5, 0.6) is 0 Å². The lowest BCUT2D eigenvalue weighted by Gasteiger charge is -2.34. The summed E-state index contributed by atoms with van der Waals surface area (Å²) < 4.78 is 5.44. The quantitative estimate of drug-likeness (QED) is 0.761. The number of ether oxygens (including phenoxy) is 1. The maximum Gasteiger partial charge on any atom is 0.410 e. The molecule has 0 aromatic carbocycles. The first-order chi connectivity index (χ1) is 13.6. The highest BCUT2D eigenvalue weighted by Gasteiger charge is 2.39. The fourth-order valence-electron chi connectivity index (χ4n) is 4.14. The highest BCUT2D eigenvalue weighted by Crippen LogP contribution is 2.25. The van der Waals surface area contributed by atoms with Gasteiger partial charge in [-0.25, -0.2) is 9.59 Å². The number of carboxylic acids is 1. The molecule has 2 amide bonds. The van der Waals surface area contributed by atoms with Crippen LogP contribution in [-0.2, 0) is 14.3 Å². The minimum atomic E-state index is -1.05. The SMILES string of the molecule is CC(C)(C)OC(=O)N1CCC(CCN2CCCN3N=C(C(=O)O)C[C@@H]3C2=O)CC1. The average Bonchev–Trinajstić information content (AvgIpc) is 3.01. The van der Waals surface area contributed by atoms with E-state index in [9.17, 15) is 14.4 Å². The third-order valence-electron chi connectivity index (χ3n) is 5.73. The van der Waals surface area contributed by atoms with E-state index in [4.69, 9.17) is 9.84 Å². The topological polar surface area (TPSA) is 103 Å². The van der Waals surface area contributed by atoms with Crippen molar-refractivity contribution in [2.75, 3.05) is 32.7 Å². The third kappa shape index (κ3) is 5.39. The number of nitrogens with zero attached hydrogens (tertiary/aromatic N) is 4. The molecule has 1 N–H and O–H groups in total. The molecule has 0 unspecified atom stereocenters. The van der Waals surface area contributed by atoms with Crippen molar-refractivity contribution in [1.82, 2.24) is 14.8 Å². The molecule has 0 bridgehead atoms.